The van der Waals surface area contributed by atoms with Gasteiger partial charge in [-0.1, -0.05) is 20.8 Å². The van der Waals surface area contributed by atoms with E-state index in [1.165, 1.54) is 25.9 Å². The van der Waals surface area contributed by atoms with Crippen molar-refractivity contribution < 1.29 is 0 Å². The van der Waals surface area contributed by atoms with E-state index in [2.05, 4.69) is 17.9 Å². The summed E-state index contributed by atoms with van der Waals surface area (Å²) >= 11 is 0. The smallest absolute Gasteiger partial charge is 0.0657 e. The summed E-state index contributed by atoms with van der Waals surface area (Å²) in [6.45, 7) is 8.88. The SMILES string of the molecule is CC.CC1CCCN(C2CC(C#N)C2)C1. The summed E-state index contributed by atoms with van der Waals surface area (Å²) in [4.78, 5) is 2.60. The summed E-state index contributed by atoms with van der Waals surface area (Å²) in [5, 5.41) is 8.69. The number of piperidine rings is 1. The van der Waals surface area contributed by atoms with Gasteiger partial charge in [-0.3, -0.25) is 0 Å². The largest absolute Gasteiger partial charge is 0.300 e. The van der Waals surface area contributed by atoms with Gasteiger partial charge in [0, 0.05) is 18.5 Å². The number of likely N-dealkylation sites (tertiary alicyclic amines) is 1. The zero-order valence-electron chi connectivity index (χ0n) is 10.4. The van der Waals surface area contributed by atoms with Gasteiger partial charge in [0.1, 0.15) is 0 Å². The van der Waals surface area contributed by atoms with Crippen LogP contribution in [0.3, 0.4) is 0 Å². The van der Waals surface area contributed by atoms with Crippen molar-refractivity contribution in [1.29, 1.82) is 5.26 Å². The van der Waals surface area contributed by atoms with E-state index >= 15 is 0 Å². The molecule has 0 aromatic rings. The second kappa shape index (κ2) is 6.12. The molecule has 0 radical (unpaired) electrons. The molecule has 1 saturated carbocycles. The fourth-order valence-electron chi connectivity index (χ4n) is 2.55. The summed E-state index contributed by atoms with van der Waals surface area (Å²) in [6, 6.07) is 3.10. The van der Waals surface area contributed by atoms with Gasteiger partial charge in [-0.05, 0) is 38.1 Å². The summed E-state index contributed by atoms with van der Waals surface area (Å²) in [6.07, 6.45) is 5.01. The topological polar surface area (TPSA) is 27.0 Å². The molecule has 0 aromatic heterocycles. The van der Waals surface area contributed by atoms with Crippen LogP contribution in [-0.4, -0.2) is 24.0 Å². The van der Waals surface area contributed by atoms with Gasteiger partial charge < -0.3 is 4.90 Å². The molecule has 1 aliphatic carbocycles. The predicted octanol–water partition coefficient (Wildman–Crippen LogP) is 3.05. The third-order valence-electron chi connectivity index (χ3n) is 3.50. The molecule has 1 saturated heterocycles. The molecular weight excluding hydrogens is 184 g/mol. The van der Waals surface area contributed by atoms with Crippen LogP contribution in [0.5, 0.6) is 0 Å². The minimum atomic E-state index is 0.363. The van der Waals surface area contributed by atoms with Crippen molar-refractivity contribution in [3.8, 4) is 6.07 Å². The molecule has 86 valence electrons. The van der Waals surface area contributed by atoms with Crippen molar-refractivity contribution in [2.75, 3.05) is 13.1 Å². The summed E-state index contributed by atoms with van der Waals surface area (Å²) in [5.41, 5.74) is 0. The lowest BCUT2D eigenvalue weighted by Crippen LogP contribution is -2.48. The maximum atomic E-state index is 8.69. The first kappa shape index (κ1) is 12.5. The van der Waals surface area contributed by atoms with Crippen LogP contribution in [0, 0.1) is 23.2 Å². The lowest BCUT2D eigenvalue weighted by Gasteiger charge is -2.43. The average Bonchev–Trinajstić information content (AvgIpc) is 2.19. The van der Waals surface area contributed by atoms with Crippen molar-refractivity contribution in [1.82, 2.24) is 4.90 Å². The Morgan fingerprint density at radius 1 is 1.27 bits per heavy atom. The van der Waals surface area contributed by atoms with Gasteiger partial charge in [0.05, 0.1) is 6.07 Å². The van der Waals surface area contributed by atoms with Crippen molar-refractivity contribution in [3.63, 3.8) is 0 Å². The van der Waals surface area contributed by atoms with Crippen molar-refractivity contribution in [3.05, 3.63) is 0 Å². The van der Waals surface area contributed by atoms with Crippen molar-refractivity contribution >= 4 is 0 Å². The van der Waals surface area contributed by atoms with Gasteiger partial charge in [-0.15, -0.1) is 0 Å². The van der Waals surface area contributed by atoms with Gasteiger partial charge in [0.2, 0.25) is 0 Å². The highest BCUT2D eigenvalue weighted by molar-refractivity contribution is 4.98. The van der Waals surface area contributed by atoms with E-state index < -0.39 is 0 Å². The molecule has 0 amide bonds. The highest BCUT2D eigenvalue weighted by atomic mass is 15.2. The van der Waals surface area contributed by atoms with E-state index in [-0.39, 0.29) is 0 Å². The molecule has 2 fully saturated rings. The van der Waals surface area contributed by atoms with Gasteiger partial charge in [0.25, 0.3) is 0 Å². The monoisotopic (exact) mass is 208 g/mol. The zero-order valence-corrected chi connectivity index (χ0v) is 10.4. The Morgan fingerprint density at radius 2 is 1.93 bits per heavy atom. The Labute approximate surface area is 94.3 Å². The highest BCUT2D eigenvalue weighted by Gasteiger charge is 2.34. The fourth-order valence-corrected chi connectivity index (χ4v) is 2.55. The quantitative estimate of drug-likeness (QED) is 0.662. The molecular formula is C13H24N2. The molecule has 2 heteroatoms. The van der Waals surface area contributed by atoms with Crippen LogP contribution in [0.2, 0.25) is 0 Å². The number of hydrogen-bond acceptors (Lipinski definition) is 2. The van der Waals surface area contributed by atoms with Gasteiger partial charge in [0.15, 0.2) is 0 Å². The van der Waals surface area contributed by atoms with E-state index in [1.54, 1.807) is 0 Å². The van der Waals surface area contributed by atoms with Crippen LogP contribution in [0.25, 0.3) is 0 Å². The molecule has 15 heavy (non-hydrogen) atoms. The Balaban J connectivity index is 0.000000531. The predicted molar refractivity (Wildman–Crippen MR) is 63.4 cm³/mol. The number of nitrogens with zero attached hydrogens (tertiary/aromatic N) is 2. The van der Waals surface area contributed by atoms with E-state index in [1.807, 2.05) is 13.8 Å². The molecule has 2 rings (SSSR count). The molecule has 1 aliphatic heterocycles. The molecule has 0 aromatic carbocycles. The van der Waals surface area contributed by atoms with E-state index in [9.17, 15) is 0 Å². The average molecular weight is 208 g/mol. The van der Waals surface area contributed by atoms with Gasteiger partial charge >= 0.3 is 0 Å². The molecule has 2 aliphatic rings. The number of hydrogen-bond donors (Lipinski definition) is 0. The second-order valence-electron chi connectivity index (χ2n) is 4.69. The Bertz CT molecular complexity index is 213. The highest BCUT2D eigenvalue weighted by Crippen LogP contribution is 2.33. The number of rotatable bonds is 1. The lowest BCUT2D eigenvalue weighted by atomic mass is 9.79. The van der Waals surface area contributed by atoms with E-state index in [0.717, 1.165) is 24.8 Å². The first-order valence-corrected chi connectivity index (χ1v) is 6.43. The van der Waals surface area contributed by atoms with Crippen LogP contribution in [-0.2, 0) is 0 Å². The molecule has 0 N–H and O–H groups in total. The normalized spacial score (nSPS) is 35.7. The van der Waals surface area contributed by atoms with Crippen LogP contribution in [0.1, 0.15) is 46.5 Å². The van der Waals surface area contributed by atoms with Gasteiger partial charge in [-0.25, -0.2) is 0 Å². The first-order valence-electron chi connectivity index (χ1n) is 6.43. The summed E-state index contributed by atoms with van der Waals surface area (Å²) in [7, 11) is 0. The van der Waals surface area contributed by atoms with Crippen LogP contribution in [0.15, 0.2) is 0 Å². The Kier molecular flexibility index (Phi) is 5.11. The maximum Gasteiger partial charge on any atom is 0.0657 e. The van der Waals surface area contributed by atoms with Crippen LogP contribution >= 0.6 is 0 Å². The standard InChI is InChI=1S/C11H18N2.C2H6/c1-9-3-2-4-13(8-9)11-5-10(6-11)7-12;1-2/h9-11H,2-6,8H2,1H3;1-2H3. The minimum absolute atomic E-state index is 0.363. The fraction of sp³-hybridized carbons (Fsp3) is 0.923. The third kappa shape index (κ3) is 3.21. The van der Waals surface area contributed by atoms with Crippen LogP contribution < -0.4 is 0 Å². The molecule has 1 atom stereocenters. The van der Waals surface area contributed by atoms with Crippen LogP contribution in [0.4, 0.5) is 0 Å². The number of nitriles is 1. The third-order valence-corrected chi connectivity index (χ3v) is 3.50. The second-order valence-corrected chi connectivity index (χ2v) is 4.69. The molecule has 0 bridgehead atoms. The molecule has 1 unspecified atom stereocenters. The van der Waals surface area contributed by atoms with E-state index in [4.69, 9.17) is 5.26 Å². The zero-order chi connectivity index (χ0) is 11.3. The maximum absolute atomic E-state index is 8.69. The lowest BCUT2D eigenvalue weighted by molar-refractivity contribution is 0.0621. The Hall–Kier alpha value is -0.550. The first-order chi connectivity index (χ1) is 7.29. The Morgan fingerprint density at radius 3 is 2.47 bits per heavy atom. The van der Waals surface area contributed by atoms with Gasteiger partial charge in [-0.2, -0.15) is 5.26 Å². The minimum Gasteiger partial charge on any atom is -0.300 e. The molecule has 1 heterocycles. The van der Waals surface area contributed by atoms with E-state index in [0.29, 0.717) is 5.92 Å². The van der Waals surface area contributed by atoms with Crippen molar-refractivity contribution in [2.24, 2.45) is 11.8 Å². The summed E-state index contributed by atoms with van der Waals surface area (Å²) in [5.74, 6) is 1.23. The summed E-state index contributed by atoms with van der Waals surface area (Å²) < 4.78 is 0. The molecule has 2 nitrogen and oxygen atoms in total. The molecule has 0 spiro atoms. The van der Waals surface area contributed by atoms with Crippen molar-refractivity contribution in [2.45, 2.75) is 52.5 Å².